The molecule has 1 saturated heterocycles. The highest BCUT2D eigenvalue weighted by atomic mass is 79.9. The second-order valence-corrected chi connectivity index (χ2v) is 10.8. The normalized spacial score (nSPS) is 19.6. The number of hydrogen-bond acceptors (Lipinski definition) is 11. The predicted molar refractivity (Wildman–Crippen MR) is 135 cm³/mol. The fourth-order valence-electron chi connectivity index (χ4n) is 4.26. The summed E-state index contributed by atoms with van der Waals surface area (Å²) >= 11 is 5.72. The summed E-state index contributed by atoms with van der Waals surface area (Å²) in [5.74, 6) is -2.49. The number of anilines is 1. The zero-order valence-corrected chi connectivity index (χ0v) is 22.6. The average Bonchev–Trinajstić information content (AvgIpc) is 3.47. The van der Waals surface area contributed by atoms with Crippen LogP contribution in [-0.2, 0) is 25.8 Å². The number of thioether (sulfide) groups is 1. The van der Waals surface area contributed by atoms with Crippen molar-refractivity contribution in [2.45, 2.75) is 24.9 Å². The fraction of sp³-hybridized carbons (Fsp3) is 0.286. The Hall–Kier alpha value is -3.50. The smallest absolute Gasteiger partial charge is 0.278 e. The number of β-lactam (4-membered cyclic amide) rings is 1. The number of rotatable bonds is 7. The van der Waals surface area contributed by atoms with Crippen molar-refractivity contribution in [1.82, 2.24) is 24.0 Å². The number of nitrogens with one attached hydrogen (secondary N) is 1. The van der Waals surface area contributed by atoms with Crippen LogP contribution in [0.2, 0.25) is 0 Å². The zero-order chi connectivity index (χ0) is 26.4. The highest BCUT2D eigenvalue weighted by molar-refractivity contribution is 9.10. The molecular formula is C21H19BrN8O5S2. The summed E-state index contributed by atoms with van der Waals surface area (Å²) in [5, 5.41) is 17.9. The minimum Gasteiger partial charge on any atom is -0.543 e. The number of fused-ring (bicyclic) bond motifs is 2. The number of aromatic nitrogens is 4. The number of halogens is 1. The van der Waals surface area contributed by atoms with Gasteiger partial charge < -0.3 is 25.8 Å². The molecule has 5 heterocycles. The molecule has 5 rings (SSSR count). The number of aryl methyl sites for hydroxylation is 1. The molecule has 3 aromatic rings. The molecule has 0 unspecified atom stereocenters. The number of hydrogen-bond donors (Lipinski definition) is 2. The third-order valence-electron chi connectivity index (χ3n) is 6.01. The molecule has 0 bridgehead atoms. The first-order valence-electron chi connectivity index (χ1n) is 10.8. The summed E-state index contributed by atoms with van der Waals surface area (Å²) < 4.78 is 8.74. The van der Waals surface area contributed by atoms with Crippen molar-refractivity contribution < 1.29 is 28.9 Å². The lowest BCUT2D eigenvalue weighted by Crippen LogP contribution is -2.71. The molecule has 1 fully saturated rings. The van der Waals surface area contributed by atoms with Crippen LogP contribution < -0.4 is 20.7 Å². The van der Waals surface area contributed by atoms with E-state index in [1.165, 1.54) is 18.9 Å². The van der Waals surface area contributed by atoms with Crippen LogP contribution in [0.15, 0.2) is 45.6 Å². The maximum atomic E-state index is 13.0. The number of carboxylic acids is 1. The predicted octanol–water partition coefficient (Wildman–Crippen LogP) is -0.814. The molecule has 0 aliphatic carbocycles. The minimum atomic E-state index is -1.45. The molecule has 2 atom stereocenters. The molecule has 2 aliphatic heterocycles. The zero-order valence-electron chi connectivity index (χ0n) is 19.4. The standard InChI is InChI=1S/C21H19BrN8O5S2/c1-9-11-3-4-12(22)29(11)6-5-28(9)7-10-8-36-19-14(18(32)30(19)15(10)20(33)34)24-17(31)13(26-35-2)16-25-21(23)37-27-16/h3-6,14,19H,7-8H2,1-2H3,(H3-,23,24,25,27,31,33,34)/b26-13-/t14-,19-/m1/s1. The van der Waals surface area contributed by atoms with Crippen molar-refractivity contribution in [3.8, 4) is 0 Å². The van der Waals surface area contributed by atoms with Crippen LogP contribution in [0.3, 0.4) is 0 Å². The number of oxime groups is 1. The maximum Gasteiger partial charge on any atom is 0.278 e. The van der Waals surface area contributed by atoms with Gasteiger partial charge >= 0.3 is 0 Å². The highest BCUT2D eigenvalue weighted by Crippen LogP contribution is 2.40. The van der Waals surface area contributed by atoms with Gasteiger partial charge in [-0.3, -0.25) is 18.9 Å². The number of nitrogen functional groups attached to an aromatic ring is 1. The van der Waals surface area contributed by atoms with Gasteiger partial charge in [0.15, 0.2) is 17.9 Å². The van der Waals surface area contributed by atoms with E-state index in [4.69, 9.17) is 10.6 Å². The summed E-state index contributed by atoms with van der Waals surface area (Å²) in [7, 11) is 1.25. The Morgan fingerprint density at radius 3 is 2.89 bits per heavy atom. The van der Waals surface area contributed by atoms with Crippen LogP contribution in [0.1, 0.15) is 11.5 Å². The molecule has 3 aromatic heterocycles. The van der Waals surface area contributed by atoms with Gasteiger partial charge in [-0.1, -0.05) is 5.16 Å². The van der Waals surface area contributed by atoms with Crippen LogP contribution >= 0.6 is 39.2 Å². The molecule has 0 saturated carbocycles. The molecule has 2 aliphatic rings. The van der Waals surface area contributed by atoms with Crippen LogP contribution in [0.4, 0.5) is 5.13 Å². The first-order valence-corrected chi connectivity index (χ1v) is 13.4. The molecule has 192 valence electrons. The average molecular weight is 607 g/mol. The van der Waals surface area contributed by atoms with Crippen LogP contribution in [0.5, 0.6) is 0 Å². The monoisotopic (exact) mass is 606 g/mol. The molecule has 0 spiro atoms. The summed E-state index contributed by atoms with van der Waals surface area (Å²) in [4.78, 5) is 47.9. The third-order valence-corrected chi connectivity index (χ3v) is 8.53. The van der Waals surface area contributed by atoms with Crippen molar-refractivity contribution in [3.05, 3.63) is 51.9 Å². The number of amides is 2. The number of carbonyl (C=O) groups excluding carboxylic acids is 3. The number of aliphatic carboxylic acids is 1. The Morgan fingerprint density at radius 1 is 1.43 bits per heavy atom. The molecule has 2 amide bonds. The lowest BCUT2D eigenvalue weighted by molar-refractivity contribution is -0.694. The van der Waals surface area contributed by atoms with Gasteiger partial charge in [0.25, 0.3) is 11.8 Å². The minimum absolute atomic E-state index is 0.0428. The van der Waals surface area contributed by atoms with E-state index in [0.717, 1.165) is 32.2 Å². The summed E-state index contributed by atoms with van der Waals surface area (Å²) in [6.45, 7) is 2.20. The van der Waals surface area contributed by atoms with Gasteiger partial charge in [-0.25, -0.2) is 0 Å². The van der Waals surface area contributed by atoms with Crippen LogP contribution in [-0.4, -0.2) is 66.4 Å². The largest absolute Gasteiger partial charge is 0.543 e. The van der Waals surface area contributed by atoms with E-state index in [1.54, 1.807) is 0 Å². The summed E-state index contributed by atoms with van der Waals surface area (Å²) in [5.41, 5.74) is 7.58. The van der Waals surface area contributed by atoms with Gasteiger partial charge in [-0.15, -0.1) is 11.8 Å². The van der Waals surface area contributed by atoms with Crippen molar-refractivity contribution in [2.75, 3.05) is 18.6 Å². The summed E-state index contributed by atoms with van der Waals surface area (Å²) in [6.07, 6.45) is 3.72. The first kappa shape index (κ1) is 25.2. The SMILES string of the molecule is CO/N=C(\C(=O)N[C@@H]1C(=O)N2C(C(=O)[O-])=C(C[n+]3ccn4c(Br)ccc4c3C)CS[C@H]12)c1nsc(N)n1. The topological polar surface area (TPSA) is 171 Å². The Morgan fingerprint density at radius 2 is 2.22 bits per heavy atom. The second kappa shape index (κ2) is 9.75. The summed E-state index contributed by atoms with van der Waals surface area (Å²) in [6, 6.07) is 2.91. The number of nitrogens with zero attached hydrogens (tertiary/aromatic N) is 6. The van der Waals surface area contributed by atoms with Gasteiger partial charge in [0.05, 0.1) is 22.5 Å². The number of carboxylic acid groups (broad SMARTS) is 1. The molecule has 3 N–H and O–H groups in total. The van der Waals surface area contributed by atoms with E-state index in [9.17, 15) is 19.5 Å². The molecule has 16 heteroatoms. The lowest BCUT2D eigenvalue weighted by Gasteiger charge is -2.50. The van der Waals surface area contributed by atoms with Crippen molar-refractivity contribution in [1.29, 1.82) is 0 Å². The van der Waals surface area contributed by atoms with E-state index in [2.05, 4.69) is 35.8 Å². The van der Waals surface area contributed by atoms with Crippen molar-refractivity contribution in [3.63, 3.8) is 0 Å². The molecular weight excluding hydrogens is 588 g/mol. The molecule has 0 aromatic carbocycles. The lowest BCUT2D eigenvalue weighted by atomic mass is 10.0. The van der Waals surface area contributed by atoms with Gasteiger partial charge in [0.2, 0.25) is 17.2 Å². The van der Waals surface area contributed by atoms with Gasteiger partial charge in [-0.05, 0) is 28.1 Å². The van der Waals surface area contributed by atoms with Gasteiger partial charge in [-0.2, -0.15) is 13.9 Å². The van der Waals surface area contributed by atoms with E-state index in [-0.39, 0.29) is 28.9 Å². The molecule has 13 nitrogen and oxygen atoms in total. The second-order valence-electron chi connectivity index (χ2n) is 8.10. The molecule has 37 heavy (non-hydrogen) atoms. The quantitative estimate of drug-likeness (QED) is 0.151. The highest BCUT2D eigenvalue weighted by Gasteiger charge is 2.53. The molecule has 0 radical (unpaired) electrons. The van der Waals surface area contributed by atoms with E-state index in [0.29, 0.717) is 11.3 Å². The Labute approximate surface area is 226 Å². The first-order chi connectivity index (χ1) is 17.7. The van der Waals surface area contributed by atoms with E-state index < -0.39 is 29.2 Å². The maximum absolute atomic E-state index is 13.0. The fourth-order valence-corrected chi connectivity index (χ4v) is 6.47. The van der Waals surface area contributed by atoms with E-state index >= 15 is 0 Å². The van der Waals surface area contributed by atoms with Crippen molar-refractivity contribution in [2.24, 2.45) is 5.16 Å². The van der Waals surface area contributed by atoms with Crippen molar-refractivity contribution >= 4 is 73.4 Å². The number of carbonyl (C=O) groups is 3. The van der Waals surface area contributed by atoms with Crippen LogP contribution in [0.25, 0.3) is 5.52 Å². The Bertz CT molecular complexity index is 1520. The van der Waals surface area contributed by atoms with Crippen LogP contribution in [0, 0.1) is 6.92 Å². The Kier molecular flexibility index (Phi) is 6.63. The third kappa shape index (κ3) is 4.34. The Balaban J connectivity index is 1.38. The van der Waals surface area contributed by atoms with E-state index in [1.807, 2.05) is 40.4 Å². The van der Waals surface area contributed by atoms with Gasteiger partial charge in [0.1, 0.15) is 24.0 Å². The number of nitrogens with two attached hydrogens (primary N) is 1. The van der Waals surface area contributed by atoms with Gasteiger partial charge in [0, 0.05) is 29.8 Å².